The molecule has 0 radical (unpaired) electrons. The highest BCUT2D eigenvalue weighted by atomic mass is 16.5. The van der Waals surface area contributed by atoms with Crippen molar-refractivity contribution in [2.75, 3.05) is 31.6 Å². The van der Waals surface area contributed by atoms with Crippen LogP contribution in [0.1, 0.15) is 11.1 Å². The second kappa shape index (κ2) is 5.71. The number of amidine groups is 1. The molecule has 0 aromatic heterocycles. The predicted octanol–water partition coefficient (Wildman–Crippen LogP) is 1.14. The zero-order valence-corrected chi connectivity index (χ0v) is 10.9. The van der Waals surface area contributed by atoms with Crippen molar-refractivity contribution in [2.45, 2.75) is 6.92 Å². The standard InChI is InChI=1S/C13H18N4O2/c1-9-3-2-4-10(11(9)12(14)15)16-13(18)17-5-7-19-8-6-17/h2-4H,5-8H2,1H3,(H3,14,15)(H,16,18). The molecular formula is C13H18N4O2. The van der Waals surface area contributed by atoms with Crippen molar-refractivity contribution in [3.8, 4) is 0 Å². The fraction of sp³-hybridized carbons (Fsp3) is 0.385. The van der Waals surface area contributed by atoms with Crippen molar-refractivity contribution >= 4 is 17.6 Å². The highest BCUT2D eigenvalue weighted by Crippen LogP contribution is 2.19. The monoisotopic (exact) mass is 262 g/mol. The number of amides is 2. The summed E-state index contributed by atoms with van der Waals surface area (Å²) in [6, 6.07) is 5.26. The number of benzene rings is 1. The minimum atomic E-state index is -0.184. The van der Waals surface area contributed by atoms with Gasteiger partial charge in [-0.2, -0.15) is 0 Å². The Morgan fingerprint density at radius 3 is 2.74 bits per heavy atom. The molecule has 0 atom stereocenters. The molecule has 0 aliphatic carbocycles. The molecule has 0 bridgehead atoms. The summed E-state index contributed by atoms with van der Waals surface area (Å²) in [7, 11) is 0. The molecule has 1 fully saturated rings. The van der Waals surface area contributed by atoms with Gasteiger partial charge in [0.2, 0.25) is 0 Å². The second-order valence-corrected chi connectivity index (χ2v) is 4.44. The Morgan fingerprint density at radius 2 is 2.11 bits per heavy atom. The van der Waals surface area contributed by atoms with Gasteiger partial charge >= 0.3 is 6.03 Å². The Morgan fingerprint density at radius 1 is 1.42 bits per heavy atom. The number of rotatable bonds is 2. The molecule has 0 spiro atoms. The molecule has 6 heteroatoms. The van der Waals surface area contributed by atoms with Crippen LogP contribution in [0.4, 0.5) is 10.5 Å². The van der Waals surface area contributed by atoms with Gasteiger partial charge in [0.05, 0.1) is 18.9 Å². The molecule has 2 amide bonds. The summed E-state index contributed by atoms with van der Waals surface area (Å²) in [5.41, 5.74) is 7.58. The molecule has 4 N–H and O–H groups in total. The van der Waals surface area contributed by atoms with E-state index in [1.807, 2.05) is 19.1 Å². The van der Waals surface area contributed by atoms with E-state index in [0.717, 1.165) is 5.56 Å². The number of nitrogens with two attached hydrogens (primary N) is 1. The highest BCUT2D eigenvalue weighted by molar-refractivity contribution is 6.05. The van der Waals surface area contributed by atoms with Crippen molar-refractivity contribution in [2.24, 2.45) is 5.73 Å². The van der Waals surface area contributed by atoms with Gasteiger partial charge in [-0.05, 0) is 18.6 Å². The Kier molecular flexibility index (Phi) is 4.01. The smallest absolute Gasteiger partial charge is 0.322 e. The highest BCUT2D eigenvalue weighted by Gasteiger charge is 2.18. The molecule has 0 unspecified atom stereocenters. The molecule has 1 aromatic rings. The van der Waals surface area contributed by atoms with Crippen LogP contribution >= 0.6 is 0 Å². The third-order valence-electron chi connectivity index (χ3n) is 3.08. The van der Waals surface area contributed by atoms with E-state index >= 15 is 0 Å². The lowest BCUT2D eigenvalue weighted by atomic mass is 10.1. The van der Waals surface area contributed by atoms with E-state index in [-0.39, 0.29) is 11.9 Å². The Bertz CT molecular complexity index is 495. The normalized spacial score (nSPS) is 15.1. The van der Waals surface area contributed by atoms with E-state index in [2.05, 4.69) is 5.32 Å². The molecular weight excluding hydrogens is 244 g/mol. The molecule has 1 aliphatic heterocycles. The average molecular weight is 262 g/mol. The van der Waals surface area contributed by atoms with Crippen molar-refractivity contribution in [1.29, 1.82) is 5.41 Å². The van der Waals surface area contributed by atoms with E-state index in [1.165, 1.54) is 0 Å². The van der Waals surface area contributed by atoms with E-state index in [9.17, 15) is 4.79 Å². The van der Waals surface area contributed by atoms with Crippen LogP contribution in [0.15, 0.2) is 18.2 Å². The third kappa shape index (κ3) is 3.03. The van der Waals surface area contributed by atoms with E-state index in [1.54, 1.807) is 11.0 Å². The van der Waals surface area contributed by atoms with Gasteiger partial charge in [0, 0.05) is 18.7 Å². The summed E-state index contributed by atoms with van der Waals surface area (Å²) in [6.07, 6.45) is 0. The van der Waals surface area contributed by atoms with Gasteiger partial charge in [-0.25, -0.2) is 4.79 Å². The predicted molar refractivity (Wildman–Crippen MR) is 73.6 cm³/mol. The summed E-state index contributed by atoms with van der Waals surface area (Å²) >= 11 is 0. The first kappa shape index (κ1) is 13.4. The largest absolute Gasteiger partial charge is 0.384 e. The summed E-state index contributed by atoms with van der Waals surface area (Å²) in [5.74, 6) is -0.0459. The molecule has 1 heterocycles. The topological polar surface area (TPSA) is 91.4 Å². The maximum absolute atomic E-state index is 12.1. The number of urea groups is 1. The quantitative estimate of drug-likeness (QED) is 0.551. The van der Waals surface area contributed by atoms with Crippen molar-refractivity contribution < 1.29 is 9.53 Å². The number of hydrogen-bond donors (Lipinski definition) is 3. The van der Waals surface area contributed by atoms with Gasteiger partial charge in [0.1, 0.15) is 5.84 Å². The van der Waals surface area contributed by atoms with Crippen molar-refractivity contribution in [3.63, 3.8) is 0 Å². The van der Waals surface area contributed by atoms with Crippen LogP contribution in [0, 0.1) is 12.3 Å². The van der Waals surface area contributed by atoms with E-state index < -0.39 is 0 Å². The minimum Gasteiger partial charge on any atom is -0.384 e. The van der Waals surface area contributed by atoms with Gasteiger partial charge in [-0.15, -0.1) is 0 Å². The van der Waals surface area contributed by atoms with Gasteiger partial charge in [0.25, 0.3) is 0 Å². The van der Waals surface area contributed by atoms with Gasteiger partial charge in [0.15, 0.2) is 0 Å². The van der Waals surface area contributed by atoms with Gasteiger partial charge < -0.3 is 20.7 Å². The first-order valence-electron chi connectivity index (χ1n) is 6.17. The Hall–Kier alpha value is -2.08. The van der Waals surface area contributed by atoms with Crippen molar-refractivity contribution in [3.05, 3.63) is 29.3 Å². The van der Waals surface area contributed by atoms with Gasteiger partial charge in [-0.3, -0.25) is 5.41 Å². The summed E-state index contributed by atoms with van der Waals surface area (Å²) in [5, 5.41) is 10.4. The van der Waals surface area contributed by atoms with Crippen LogP contribution in [-0.4, -0.2) is 43.1 Å². The Balaban J connectivity index is 2.16. The number of ether oxygens (including phenoxy) is 1. The molecule has 0 saturated carbocycles. The van der Waals surface area contributed by atoms with Crippen LogP contribution in [0.25, 0.3) is 0 Å². The number of nitrogen functional groups attached to an aromatic ring is 1. The zero-order chi connectivity index (χ0) is 13.8. The molecule has 6 nitrogen and oxygen atoms in total. The van der Waals surface area contributed by atoms with Crippen LogP contribution in [0.2, 0.25) is 0 Å². The van der Waals surface area contributed by atoms with E-state index in [0.29, 0.717) is 37.6 Å². The SMILES string of the molecule is Cc1cccc(NC(=O)N2CCOCC2)c1C(=N)N. The summed E-state index contributed by atoms with van der Waals surface area (Å²) in [6.45, 7) is 4.13. The number of morpholine rings is 1. The van der Waals surface area contributed by atoms with E-state index in [4.69, 9.17) is 15.9 Å². The fourth-order valence-electron chi connectivity index (χ4n) is 2.09. The lowest BCUT2D eigenvalue weighted by molar-refractivity contribution is 0.0564. The summed E-state index contributed by atoms with van der Waals surface area (Å²) < 4.78 is 5.21. The van der Waals surface area contributed by atoms with Crippen molar-refractivity contribution in [1.82, 2.24) is 4.90 Å². The zero-order valence-electron chi connectivity index (χ0n) is 10.9. The Labute approximate surface area is 112 Å². The number of anilines is 1. The number of nitrogens with zero attached hydrogens (tertiary/aromatic N) is 1. The first-order valence-corrected chi connectivity index (χ1v) is 6.17. The molecule has 1 aliphatic rings. The lowest BCUT2D eigenvalue weighted by Gasteiger charge is -2.27. The summed E-state index contributed by atoms with van der Waals surface area (Å²) in [4.78, 5) is 13.8. The number of nitrogens with one attached hydrogen (secondary N) is 2. The maximum atomic E-state index is 12.1. The molecule has 2 rings (SSSR count). The maximum Gasteiger partial charge on any atom is 0.322 e. The third-order valence-corrected chi connectivity index (χ3v) is 3.08. The number of hydrogen-bond acceptors (Lipinski definition) is 3. The number of carbonyl (C=O) groups is 1. The molecule has 1 aromatic carbocycles. The van der Waals surface area contributed by atoms with Crippen LogP contribution in [0.3, 0.4) is 0 Å². The lowest BCUT2D eigenvalue weighted by Crippen LogP contribution is -2.43. The van der Waals surface area contributed by atoms with Crippen LogP contribution in [0.5, 0.6) is 0 Å². The van der Waals surface area contributed by atoms with Crippen LogP contribution < -0.4 is 11.1 Å². The molecule has 1 saturated heterocycles. The van der Waals surface area contributed by atoms with Gasteiger partial charge in [-0.1, -0.05) is 12.1 Å². The van der Waals surface area contributed by atoms with Crippen LogP contribution in [-0.2, 0) is 4.74 Å². The molecule has 19 heavy (non-hydrogen) atoms. The molecule has 102 valence electrons. The number of aryl methyl sites for hydroxylation is 1. The minimum absolute atomic E-state index is 0.0459. The first-order chi connectivity index (χ1) is 9.09. The average Bonchev–Trinajstić information content (AvgIpc) is 2.39. The number of carbonyl (C=O) groups excluding carboxylic acids is 1. The second-order valence-electron chi connectivity index (χ2n) is 4.44. The fourth-order valence-corrected chi connectivity index (χ4v) is 2.09.